The van der Waals surface area contributed by atoms with Crippen LogP contribution in [0.4, 0.5) is 8.78 Å². The molecule has 0 aromatic carbocycles. The van der Waals surface area contributed by atoms with Crippen LogP contribution in [0.3, 0.4) is 0 Å². The highest BCUT2D eigenvalue weighted by Gasteiger charge is 2.22. The number of rotatable bonds is 5. The summed E-state index contributed by atoms with van der Waals surface area (Å²) in [6, 6.07) is -1.11. The predicted octanol–water partition coefficient (Wildman–Crippen LogP) is 0.984. The van der Waals surface area contributed by atoms with Crippen LogP contribution in [0, 0.1) is 0 Å². The summed E-state index contributed by atoms with van der Waals surface area (Å²) in [7, 11) is 0. The van der Waals surface area contributed by atoms with Gasteiger partial charge in [0.25, 0.3) is 6.43 Å². The van der Waals surface area contributed by atoms with Crippen LogP contribution in [0.1, 0.15) is 11.6 Å². The van der Waals surface area contributed by atoms with Crippen molar-refractivity contribution in [1.82, 2.24) is 15.3 Å². The van der Waals surface area contributed by atoms with Crippen molar-refractivity contribution >= 4 is 11.6 Å². The minimum Gasteiger partial charge on any atom is -0.329 e. The molecule has 1 heterocycles. The largest absolute Gasteiger partial charge is 0.329 e. The van der Waals surface area contributed by atoms with E-state index >= 15 is 0 Å². The Balaban J connectivity index is 2.74. The fraction of sp³-hybridized carbons (Fsp3) is 0.500. The number of nitrogens with one attached hydrogen (secondary N) is 1. The zero-order valence-corrected chi connectivity index (χ0v) is 8.59. The van der Waals surface area contributed by atoms with Crippen LogP contribution < -0.4 is 11.1 Å². The second kappa shape index (κ2) is 5.89. The Morgan fingerprint density at radius 1 is 1.40 bits per heavy atom. The topological polar surface area (TPSA) is 63.8 Å². The second-order valence-electron chi connectivity index (χ2n) is 2.84. The van der Waals surface area contributed by atoms with Gasteiger partial charge in [-0.15, -0.1) is 0 Å². The molecule has 7 heteroatoms. The van der Waals surface area contributed by atoms with Gasteiger partial charge in [0.2, 0.25) is 5.28 Å². The van der Waals surface area contributed by atoms with Gasteiger partial charge in [0.15, 0.2) is 0 Å². The molecule has 0 saturated carbocycles. The molecule has 0 aliphatic rings. The fourth-order valence-electron chi connectivity index (χ4n) is 1.07. The van der Waals surface area contributed by atoms with Crippen molar-refractivity contribution in [3.63, 3.8) is 0 Å². The summed E-state index contributed by atoms with van der Waals surface area (Å²) in [5.74, 6) is 0. The quantitative estimate of drug-likeness (QED) is 0.749. The molecule has 4 nitrogen and oxygen atoms in total. The Morgan fingerprint density at radius 3 is 2.47 bits per heavy atom. The lowest BCUT2D eigenvalue weighted by atomic mass is 10.1. The summed E-state index contributed by atoms with van der Waals surface area (Å²) in [6.45, 7) is 0.593. The van der Waals surface area contributed by atoms with E-state index < -0.39 is 12.5 Å². The van der Waals surface area contributed by atoms with Crippen molar-refractivity contribution in [1.29, 1.82) is 0 Å². The minimum absolute atomic E-state index is 0.0330. The third kappa shape index (κ3) is 3.65. The number of nitrogens with two attached hydrogens (primary N) is 1. The maximum atomic E-state index is 12.6. The number of hydrogen-bond acceptors (Lipinski definition) is 4. The summed E-state index contributed by atoms with van der Waals surface area (Å²) in [5, 5.41) is 2.64. The van der Waals surface area contributed by atoms with Gasteiger partial charge in [-0.05, 0) is 11.6 Å². The third-order valence-electron chi connectivity index (χ3n) is 1.76. The van der Waals surface area contributed by atoms with Crippen molar-refractivity contribution in [2.24, 2.45) is 5.73 Å². The molecule has 84 valence electrons. The molecule has 0 spiro atoms. The highest BCUT2D eigenvalue weighted by Crippen LogP contribution is 2.19. The number of hydrogen-bond donors (Lipinski definition) is 2. The van der Waals surface area contributed by atoms with E-state index in [9.17, 15) is 8.78 Å². The monoisotopic (exact) mass is 236 g/mol. The van der Waals surface area contributed by atoms with Gasteiger partial charge >= 0.3 is 0 Å². The van der Waals surface area contributed by atoms with E-state index in [0.717, 1.165) is 0 Å². The molecule has 0 amide bonds. The molecule has 3 N–H and O–H groups in total. The SMILES string of the molecule is NCCNC(c1cnc(Cl)nc1)C(F)F. The number of alkyl halides is 2. The predicted molar refractivity (Wildman–Crippen MR) is 52.8 cm³/mol. The van der Waals surface area contributed by atoms with E-state index in [1.54, 1.807) is 0 Å². The maximum Gasteiger partial charge on any atom is 0.257 e. The Bertz CT molecular complexity index is 293. The summed E-state index contributed by atoms with van der Waals surface area (Å²) in [5.41, 5.74) is 5.51. The Morgan fingerprint density at radius 2 is 2.00 bits per heavy atom. The molecular weight excluding hydrogens is 226 g/mol. The summed E-state index contributed by atoms with van der Waals surface area (Å²) < 4.78 is 25.2. The zero-order chi connectivity index (χ0) is 11.3. The molecular formula is C8H11ClF2N4. The van der Waals surface area contributed by atoms with Crippen LogP contribution in [0.2, 0.25) is 5.28 Å². The molecule has 1 unspecified atom stereocenters. The van der Waals surface area contributed by atoms with Crippen LogP contribution in [0.5, 0.6) is 0 Å². The van der Waals surface area contributed by atoms with Crippen LogP contribution in [0.15, 0.2) is 12.4 Å². The molecule has 0 aliphatic heterocycles. The van der Waals surface area contributed by atoms with E-state index in [0.29, 0.717) is 12.1 Å². The molecule has 1 aromatic rings. The Hall–Kier alpha value is -0.850. The van der Waals surface area contributed by atoms with Crippen molar-refractivity contribution in [2.45, 2.75) is 12.5 Å². The van der Waals surface area contributed by atoms with Crippen LogP contribution >= 0.6 is 11.6 Å². The first-order valence-corrected chi connectivity index (χ1v) is 4.72. The van der Waals surface area contributed by atoms with Gasteiger partial charge in [-0.25, -0.2) is 18.7 Å². The third-order valence-corrected chi connectivity index (χ3v) is 1.96. The lowest BCUT2D eigenvalue weighted by molar-refractivity contribution is 0.0986. The summed E-state index contributed by atoms with van der Waals surface area (Å²) >= 11 is 5.45. The fourth-order valence-corrected chi connectivity index (χ4v) is 1.17. The normalized spacial score (nSPS) is 13.1. The van der Waals surface area contributed by atoms with Gasteiger partial charge in [-0.2, -0.15) is 0 Å². The molecule has 1 aromatic heterocycles. The minimum atomic E-state index is -2.54. The zero-order valence-electron chi connectivity index (χ0n) is 7.83. The number of aromatic nitrogens is 2. The molecule has 1 rings (SSSR count). The van der Waals surface area contributed by atoms with E-state index in [1.165, 1.54) is 12.4 Å². The average molecular weight is 237 g/mol. The first-order chi connectivity index (χ1) is 7.15. The van der Waals surface area contributed by atoms with Gasteiger partial charge in [-0.1, -0.05) is 0 Å². The molecule has 15 heavy (non-hydrogen) atoms. The Labute approximate surface area is 90.9 Å². The van der Waals surface area contributed by atoms with Gasteiger partial charge in [0, 0.05) is 31.0 Å². The van der Waals surface area contributed by atoms with Gasteiger partial charge in [-0.3, -0.25) is 0 Å². The van der Waals surface area contributed by atoms with Gasteiger partial charge < -0.3 is 11.1 Å². The van der Waals surface area contributed by atoms with E-state index in [2.05, 4.69) is 15.3 Å². The molecule has 0 fully saturated rings. The molecule has 0 radical (unpaired) electrons. The standard InChI is InChI=1S/C8H11ClF2N4/c9-8-14-3-5(4-15-8)6(7(10)11)13-2-1-12/h3-4,6-7,13H,1-2,12H2. The Kier molecular flexibility index (Phi) is 4.80. The van der Waals surface area contributed by atoms with E-state index in [4.69, 9.17) is 17.3 Å². The van der Waals surface area contributed by atoms with Crippen molar-refractivity contribution in [3.05, 3.63) is 23.2 Å². The van der Waals surface area contributed by atoms with Crippen LogP contribution in [-0.4, -0.2) is 29.5 Å². The average Bonchev–Trinajstić information content (AvgIpc) is 2.21. The molecule has 0 aliphatic carbocycles. The number of nitrogens with zero attached hydrogens (tertiary/aromatic N) is 2. The first kappa shape index (κ1) is 12.2. The van der Waals surface area contributed by atoms with Crippen LogP contribution in [0.25, 0.3) is 0 Å². The molecule has 0 bridgehead atoms. The van der Waals surface area contributed by atoms with E-state index in [-0.39, 0.29) is 11.8 Å². The highest BCUT2D eigenvalue weighted by atomic mass is 35.5. The maximum absolute atomic E-state index is 12.6. The summed E-state index contributed by atoms with van der Waals surface area (Å²) in [6.07, 6.45) is 0.00654. The second-order valence-corrected chi connectivity index (χ2v) is 3.18. The van der Waals surface area contributed by atoms with E-state index in [1.807, 2.05) is 0 Å². The highest BCUT2D eigenvalue weighted by molar-refractivity contribution is 6.28. The van der Waals surface area contributed by atoms with Crippen molar-refractivity contribution in [3.8, 4) is 0 Å². The first-order valence-electron chi connectivity index (χ1n) is 4.34. The lowest BCUT2D eigenvalue weighted by Crippen LogP contribution is -2.31. The summed E-state index contributed by atoms with van der Waals surface area (Å²) in [4.78, 5) is 7.28. The lowest BCUT2D eigenvalue weighted by Gasteiger charge is -2.16. The molecule has 1 atom stereocenters. The van der Waals surface area contributed by atoms with Crippen molar-refractivity contribution < 1.29 is 8.78 Å². The smallest absolute Gasteiger partial charge is 0.257 e. The molecule has 0 saturated heterocycles. The van der Waals surface area contributed by atoms with Crippen molar-refractivity contribution in [2.75, 3.05) is 13.1 Å². The number of halogens is 3. The van der Waals surface area contributed by atoms with Gasteiger partial charge in [0.1, 0.15) is 0 Å². The van der Waals surface area contributed by atoms with Gasteiger partial charge in [0.05, 0.1) is 6.04 Å². The van der Waals surface area contributed by atoms with Crippen LogP contribution in [-0.2, 0) is 0 Å².